The summed E-state index contributed by atoms with van der Waals surface area (Å²) in [7, 11) is 1.60. The molecule has 0 unspecified atom stereocenters. The van der Waals surface area contributed by atoms with Crippen LogP contribution in [0.3, 0.4) is 0 Å². The molecular weight excluding hydrogens is 416 g/mol. The molecular formula is C27H36N2O4. The van der Waals surface area contributed by atoms with Crippen molar-refractivity contribution in [1.82, 2.24) is 10.2 Å². The van der Waals surface area contributed by atoms with E-state index in [0.29, 0.717) is 18.7 Å². The van der Waals surface area contributed by atoms with Crippen LogP contribution >= 0.6 is 0 Å². The van der Waals surface area contributed by atoms with Gasteiger partial charge in [0, 0.05) is 12.6 Å². The van der Waals surface area contributed by atoms with Crippen LogP contribution in [0, 0.1) is 6.92 Å². The van der Waals surface area contributed by atoms with Gasteiger partial charge in [-0.05, 0) is 56.0 Å². The zero-order chi connectivity index (χ0) is 23.6. The van der Waals surface area contributed by atoms with E-state index in [-0.39, 0.29) is 24.5 Å². The normalized spacial score (nSPS) is 14.9. The average Bonchev–Trinajstić information content (AvgIpc) is 2.84. The zero-order valence-corrected chi connectivity index (χ0v) is 20.0. The van der Waals surface area contributed by atoms with E-state index in [1.54, 1.807) is 36.3 Å². The summed E-state index contributed by atoms with van der Waals surface area (Å²) in [4.78, 5) is 28.2. The highest BCUT2D eigenvalue weighted by Gasteiger charge is 2.30. The van der Waals surface area contributed by atoms with E-state index >= 15 is 0 Å². The SMILES string of the molecule is CC[C@H](C(=O)NC1CCCCC1)N(Cc1ccc(C)cc1)C(=O)COc1ccc(OC)cc1. The van der Waals surface area contributed by atoms with Crippen LogP contribution in [0.25, 0.3) is 0 Å². The summed E-state index contributed by atoms with van der Waals surface area (Å²) < 4.78 is 10.9. The summed E-state index contributed by atoms with van der Waals surface area (Å²) in [6.45, 7) is 4.21. The van der Waals surface area contributed by atoms with Crippen molar-refractivity contribution in [2.45, 2.75) is 71.0 Å². The summed E-state index contributed by atoms with van der Waals surface area (Å²) in [5.41, 5.74) is 2.14. The second kappa shape index (κ2) is 12.3. The van der Waals surface area contributed by atoms with Gasteiger partial charge in [-0.1, -0.05) is 56.0 Å². The smallest absolute Gasteiger partial charge is 0.261 e. The number of nitrogens with one attached hydrogen (secondary N) is 1. The van der Waals surface area contributed by atoms with Gasteiger partial charge in [0.25, 0.3) is 5.91 Å². The van der Waals surface area contributed by atoms with Crippen molar-refractivity contribution in [2.75, 3.05) is 13.7 Å². The maximum absolute atomic E-state index is 13.3. The molecule has 1 aliphatic carbocycles. The molecule has 0 spiro atoms. The predicted molar refractivity (Wildman–Crippen MR) is 129 cm³/mol. The maximum Gasteiger partial charge on any atom is 0.261 e. The van der Waals surface area contributed by atoms with Crippen molar-refractivity contribution in [3.05, 3.63) is 59.7 Å². The van der Waals surface area contributed by atoms with E-state index < -0.39 is 6.04 Å². The molecule has 178 valence electrons. The lowest BCUT2D eigenvalue weighted by Crippen LogP contribution is -2.52. The number of nitrogens with zero attached hydrogens (tertiary/aromatic N) is 1. The van der Waals surface area contributed by atoms with Crippen molar-refractivity contribution < 1.29 is 19.1 Å². The molecule has 0 saturated heterocycles. The molecule has 1 aliphatic rings. The van der Waals surface area contributed by atoms with Crippen LogP contribution in [0.2, 0.25) is 0 Å². The second-order valence-corrected chi connectivity index (χ2v) is 8.74. The minimum absolute atomic E-state index is 0.0747. The third-order valence-corrected chi connectivity index (χ3v) is 6.23. The van der Waals surface area contributed by atoms with Crippen LogP contribution in [-0.4, -0.2) is 42.5 Å². The molecule has 0 heterocycles. The fourth-order valence-corrected chi connectivity index (χ4v) is 4.25. The Hall–Kier alpha value is -3.02. The van der Waals surface area contributed by atoms with Crippen molar-refractivity contribution in [3.63, 3.8) is 0 Å². The van der Waals surface area contributed by atoms with Crippen LogP contribution in [0.5, 0.6) is 11.5 Å². The highest BCUT2D eigenvalue weighted by atomic mass is 16.5. The fourth-order valence-electron chi connectivity index (χ4n) is 4.25. The number of rotatable bonds is 10. The second-order valence-electron chi connectivity index (χ2n) is 8.74. The number of ether oxygens (including phenoxy) is 2. The van der Waals surface area contributed by atoms with Gasteiger partial charge in [-0.15, -0.1) is 0 Å². The lowest BCUT2D eigenvalue weighted by molar-refractivity contribution is -0.143. The third kappa shape index (κ3) is 7.24. The van der Waals surface area contributed by atoms with Gasteiger partial charge in [-0.25, -0.2) is 0 Å². The van der Waals surface area contributed by atoms with Gasteiger partial charge in [-0.2, -0.15) is 0 Å². The third-order valence-electron chi connectivity index (χ3n) is 6.23. The molecule has 6 heteroatoms. The van der Waals surface area contributed by atoms with Gasteiger partial charge in [-0.3, -0.25) is 9.59 Å². The minimum atomic E-state index is -0.541. The molecule has 2 aromatic rings. The Labute approximate surface area is 197 Å². The fraction of sp³-hybridized carbons (Fsp3) is 0.481. The summed E-state index contributed by atoms with van der Waals surface area (Å²) in [6, 6.07) is 14.8. The van der Waals surface area contributed by atoms with E-state index in [2.05, 4.69) is 5.32 Å². The number of aryl methyl sites for hydroxylation is 1. The van der Waals surface area contributed by atoms with Gasteiger partial charge >= 0.3 is 0 Å². The van der Waals surface area contributed by atoms with Gasteiger partial charge in [0.15, 0.2) is 6.61 Å². The van der Waals surface area contributed by atoms with Crippen molar-refractivity contribution in [2.24, 2.45) is 0 Å². The standard InChI is InChI=1S/C27H36N2O4/c1-4-25(27(31)28-22-8-6-5-7-9-22)29(18-21-12-10-20(2)11-13-21)26(30)19-33-24-16-14-23(32-3)15-17-24/h10-17,22,25H,4-9,18-19H2,1-3H3,(H,28,31)/t25-/m1/s1. The largest absolute Gasteiger partial charge is 0.497 e. The lowest BCUT2D eigenvalue weighted by Gasteiger charge is -2.32. The van der Waals surface area contributed by atoms with Crippen LogP contribution in [0.15, 0.2) is 48.5 Å². The van der Waals surface area contributed by atoms with Crippen LogP contribution in [-0.2, 0) is 16.1 Å². The summed E-state index contributed by atoms with van der Waals surface area (Å²) in [6.07, 6.45) is 6.07. The van der Waals surface area contributed by atoms with Gasteiger partial charge in [0.05, 0.1) is 7.11 Å². The van der Waals surface area contributed by atoms with Crippen LogP contribution in [0.1, 0.15) is 56.6 Å². The van der Waals surface area contributed by atoms with Gasteiger partial charge < -0.3 is 19.7 Å². The topological polar surface area (TPSA) is 67.9 Å². The molecule has 3 rings (SSSR count). The number of hydrogen-bond donors (Lipinski definition) is 1. The molecule has 0 aromatic heterocycles. The Morgan fingerprint density at radius 1 is 1.00 bits per heavy atom. The molecule has 1 saturated carbocycles. The van der Waals surface area contributed by atoms with E-state index in [1.165, 1.54) is 6.42 Å². The van der Waals surface area contributed by atoms with Crippen molar-refractivity contribution in [3.8, 4) is 11.5 Å². The van der Waals surface area contributed by atoms with Crippen molar-refractivity contribution in [1.29, 1.82) is 0 Å². The number of hydrogen-bond acceptors (Lipinski definition) is 4. The van der Waals surface area contributed by atoms with E-state index in [1.807, 2.05) is 38.1 Å². The molecule has 1 N–H and O–H groups in total. The van der Waals surface area contributed by atoms with Crippen LogP contribution in [0.4, 0.5) is 0 Å². The molecule has 0 radical (unpaired) electrons. The number of carbonyl (C=O) groups excluding carboxylic acids is 2. The van der Waals surface area contributed by atoms with Gasteiger partial charge in [0.2, 0.25) is 5.91 Å². The molecule has 6 nitrogen and oxygen atoms in total. The Kier molecular flexibility index (Phi) is 9.16. The number of benzene rings is 2. The molecule has 0 aliphatic heterocycles. The average molecular weight is 453 g/mol. The first-order valence-electron chi connectivity index (χ1n) is 11.9. The Bertz CT molecular complexity index is 889. The molecule has 33 heavy (non-hydrogen) atoms. The van der Waals surface area contributed by atoms with E-state index in [0.717, 1.165) is 42.6 Å². The molecule has 2 amide bonds. The highest BCUT2D eigenvalue weighted by molar-refractivity contribution is 5.88. The first kappa shape index (κ1) is 24.6. The summed E-state index contributed by atoms with van der Waals surface area (Å²) in [5, 5.41) is 3.20. The van der Waals surface area contributed by atoms with Crippen LogP contribution < -0.4 is 14.8 Å². The van der Waals surface area contributed by atoms with E-state index in [4.69, 9.17) is 9.47 Å². The maximum atomic E-state index is 13.3. The molecule has 0 bridgehead atoms. The summed E-state index contributed by atoms with van der Waals surface area (Å²) in [5.74, 6) is 1.02. The quantitative estimate of drug-likeness (QED) is 0.570. The zero-order valence-electron chi connectivity index (χ0n) is 20.0. The highest BCUT2D eigenvalue weighted by Crippen LogP contribution is 2.20. The minimum Gasteiger partial charge on any atom is -0.497 e. The Morgan fingerprint density at radius 3 is 2.24 bits per heavy atom. The monoisotopic (exact) mass is 452 g/mol. The molecule has 1 atom stereocenters. The predicted octanol–water partition coefficient (Wildman–Crippen LogP) is 4.64. The first-order chi connectivity index (χ1) is 16.0. The summed E-state index contributed by atoms with van der Waals surface area (Å²) >= 11 is 0. The molecule has 1 fully saturated rings. The Morgan fingerprint density at radius 2 is 1.64 bits per heavy atom. The Balaban J connectivity index is 1.73. The number of amides is 2. The van der Waals surface area contributed by atoms with Crippen molar-refractivity contribution >= 4 is 11.8 Å². The van der Waals surface area contributed by atoms with Gasteiger partial charge in [0.1, 0.15) is 17.5 Å². The number of carbonyl (C=O) groups is 2. The first-order valence-corrected chi connectivity index (χ1v) is 11.9. The van der Waals surface area contributed by atoms with E-state index in [9.17, 15) is 9.59 Å². The lowest BCUT2D eigenvalue weighted by atomic mass is 9.95. The molecule has 2 aromatic carbocycles. The number of methoxy groups -OCH3 is 1.